The summed E-state index contributed by atoms with van der Waals surface area (Å²) in [6.45, 7) is 2.83. The number of para-hydroxylation sites is 3. The molecule has 2 aromatic rings. The van der Waals surface area contributed by atoms with Crippen LogP contribution < -0.4 is 20.1 Å². The maximum Gasteiger partial charge on any atom is 0.265 e. The third-order valence-corrected chi connectivity index (χ3v) is 4.69. The van der Waals surface area contributed by atoms with Gasteiger partial charge < -0.3 is 24.8 Å². The highest BCUT2D eigenvalue weighted by molar-refractivity contribution is 6.04. The second kappa shape index (κ2) is 9.93. The largest absolute Gasteiger partial charge is 0.493 e. The summed E-state index contributed by atoms with van der Waals surface area (Å²) >= 11 is 0. The molecule has 1 aliphatic heterocycles. The number of carbonyl (C=O) groups excluding carboxylic acids is 2. The molecule has 1 aliphatic rings. The maximum atomic E-state index is 12.6. The molecule has 0 unspecified atom stereocenters. The number of hydrogen-bond acceptors (Lipinski definition) is 5. The van der Waals surface area contributed by atoms with Crippen LogP contribution in [0.4, 0.5) is 5.69 Å². The Bertz CT molecular complexity index is 849. The first kappa shape index (κ1) is 20.7. The molecular formula is C22H26N2O5. The van der Waals surface area contributed by atoms with Crippen LogP contribution in [0.3, 0.4) is 0 Å². The first-order valence-corrected chi connectivity index (χ1v) is 9.68. The molecule has 2 aromatic carbocycles. The van der Waals surface area contributed by atoms with Gasteiger partial charge in [0.05, 0.1) is 24.5 Å². The molecule has 3 rings (SSSR count). The number of methoxy groups -OCH3 is 1. The fourth-order valence-electron chi connectivity index (χ4n) is 3.09. The van der Waals surface area contributed by atoms with Crippen LogP contribution in [0.1, 0.15) is 30.1 Å². The molecule has 2 N–H and O–H groups in total. The van der Waals surface area contributed by atoms with Gasteiger partial charge in [-0.05, 0) is 44.0 Å². The van der Waals surface area contributed by atoms with E-state index in [1.807, 2.05) is 6.07 Å². The van der Waals surface area contributed by atoms with Gasteiger partial charge in [-0.25, -0.2) is 0 Å². The van der Waals surface area contributed by atoms with Crippen molar-refractivity contribution in [2.45, 2.75) is 32.0 Å². The number of hydrogen-bond donors (Lipinski definition) is 2. The van der Waals surface area contributed by atoms with E-state index in [-0.39, 0.29) is 17.9 Å². The normalized spacial score (nSPS) is 16.7. The van der Waals surface area contributed by atoms with Crippen LogP contribution in [0.5, 0.6) is 11.5 Å². The third kappa shape index (κ3) is 5.48. The Hall–Kier alpha value is -3.06. The molecule has 1 saturated heterocycles. The van der Waals surface area contributed by atoms with E-state index in [9.17, 15) is 9.59 Å². The zero-order valence-electron chi connectivity index (χ0n) is 16.6. The topological polar surface area (TPSA) is 85.9 Å². The maximum absolute atomic E-state index is 12.6. The lowest BCUT2D eigenvalue weighted by atomic mass is 10.1. The predicted molar refractivity (Wildman–Crippen MR) is 109 cm³/mol. The van der Waals surface area contributed by atoms with Crippen molar-refractivity contribution in [1.82, 2.24) is 5.32 Å². The Morgan fingerprint density at radius 1 is 1.14 bits per heavy atom. The first-order valence-electron chi connectivity index (χ1n) is 9.68. The smallest absolute Gasteiger partial charge is 0.265 e. The second-order valence-corrected chi connectivity index (χ2v) is 6.79. The van der Waals surface area contributed by atoms with Crippen LogP contribution in [0, 0.1) is 0 Å². The van der Waals surface area contributed by atoms with E-state index in [4.69, 9.17) is 14.2 Å². The minimum atomic E-state index is -0.783. The Labute approximate surface area is 170 Å². The summed E-state index contributed by atoms with van der Waals surface area (Å²) in [5.41, 5.74) is 0.821. The third-order valence-electron chi connectivity index (χ3n) is 4.69. The molecule has 1 heterocycles. The molecule has 0 saturated carbocycles. The van der Waals surface area contributed by atoms with E-state index in [0.717, 1.165) is 19.4 Å². The average molecular weight is 398 g/mol. The SMILES string of the molecule is COc1ccccc1O[C@@H](C)C(=O)Nc1ccccc1C(=O)NC[C@@H]1CCCO1. The van der Waals surface area contributed by atoms with Crippen molar-refractivity contribution in [2.75, 3.05) is 25.6 Å². The van der Waals surface area contributed by atoms with Crippen molar-refractivity contribution in [3.63, 3.8) is 0 Å². The van der Waals surface area contributed by atoms with Gasteiger partial charge in [0.15, 0.2) is 17.6 Å². The summed E-state index contributed by atoms with van der Waals surface area (Å²) in [6.07, 6.45) is 1.22. The van der Waals surface area contributed by atoms with Gasteiger partial charge in [0.2, 0.25) is 0 Å². The van der Waals surface area contributed by atoms with Crippen molar-refractivity contribution in [2.24, 2.45) is 0 Å². The van der Waals surface area contributed by atoms with E-state index >= 15 is 0 Å². The molecule has 0 bridgehead atoms. The molecule has 2 atom stereocenters. The Morgan fingerprint density at radius 2 is 1.86 bits per heavy atom. The minimum absolute atomic E-state index is 0.0509. The van der Waals surface area contributed by atoms with Crippen molar-refractivity contribution < 1.29 is 23.8 Å². The van der Waals surface area contributed by atoms with Gasteiger partial charge in [-0.1, -0.05) is 24.3 Å². The van der Waals surface area contributed by atoms with Crippen LogP contribution >= 0.6 is 0 Å². The number of benzene rings is 2. The molecule has 0 aromatic heterocycles. The molecular weight excluding hydrogens is 372 g/mol. The molecule has 29 heavy (non-hydrogen) atoms. The molecule has 0 aliphatic carbocycles. The fourth-order valence-corrected chi connectivity index (χ4v) is 3.09. The first-order chi connectivity index (χ1) is 14.1. The molecule has 0 radical (unpaired) electrons. The lowest BCUT2D eigenvalue weighted by Crippen LogP contribution is -2.34. The van der Waals surface area contributed by atoms with Crippen LogP contribution in [0.25, 0.3) is 0 Å². The summed E-state index contributed by atoms with van der Waals surface area (Å²) in [4.78, 5) is 25.2. The van der Waals surface area contributed by atoms with Crippen LogP contribution in [0.15, 0.2) is 48.5 Å². The number of nitrogens with one attached hydrogen (secondary N) is 2. The van der Waals surface area contributed by atoms with E-state index in [2.05, 4.69) is 10.6 Å². The molecule has 2 amide bonds. The summed E-state index contributed by atoms with van der Waals surface area (Å²) in [5.74, 6) is 0.395. The number of anilines is 1. The predicted octanol–water partition coefficient (Wildman–Crippen LogP) is 3.01. The van der Waals surface area contributed by atoms with Crippen molar-refractivity contribution in [3.8, 4) is 11.5 Å². The molecule has 1 fully saturated rings. The molecule has 0 spiro atoms. The highest BCUT2D eigenvalue weighted by Gasteiger charge is 2.21. The Morgan fingerprint density at radius 3 is 2.59 bits per heavy atom. The van der Waals surface area contributed by atoms with Crippen LogP contribution in [0.2, 0.25) is 0 Å². The van der Waals surface area contributed by atoms with Crippen LogP contribution in [-0.4, -0.2) is 44.3 Å². The van der Waals surface area contributed by atoms with Gasteiger partial charge in [0.25, 0.3) is 11.8 Å². The second-order valence-electron chi connectivity index (χ2n) is 6.79. The summed E-state index contributed by atoms with van der Waals surface area (Å²) in [7, 11) is 1.54. The minimum Gasteiger partial charge on any atom is -0.493 e. The zero-order valence-corrected chi connectivity index (χ0v) is 16.6. The average Bonchev–Trinajstić information content (AvgIpc) is 3.26. The lowest BCUT2D eigenvalue weighted by Gasteiger charge is -2.18. The number of rotatable bonds is 8. The molecule has 7 nitrogen and oxygen atoms in total. The van der Waals surface area contributed by atoms with Crippen molar-refractivity contribution in [1.29, 1.82) is 0 Å². The van der Waals surface area contributed by atoms with Gasteiger partial charge in [0.1, 0.15) is 0 Å². The molecule has 154 valence electrons. The molecule has 7 heteroatoms. The van der Waals surface area contributed by atoms with E-state index < -0.39 is 6.10 Å². The Kier molecular flexibility index (Phi) is 7.08. The lowest BCUT2D eigenvalue weighted by molar-refractivity contribution is -0.122. The summed E-state index contributed by atoms with van der Waals surface area (Å²) < 4.78 is 16.5. The number of ether oxygens (including phenoxy) is 3. The highest BCUT2D eigenvalue weighted by atomic mass is 16.5. The Balaban J connectivity index is 1.63. The summed E-state index contributed by atoms with van der Waals surface area (Å²) in [6, 6.07) is 14.0. The monoisotopic (exact) mass is 398 g/mol. The van der Waals surface area contributed by atoms with Gasteiger partial charge in [-0.3, -0.25) is 9.59 Å². The standard InChI is InChI=1S/C22H26N2O5/c1-15(29-20-12-6-5-11-19(20)27-2)21(25)24-18-10-4-3-9-17(18)22(26)23-14-16-8-7-13-28-16/h3-6,9-12,15-16H,7-8,13-14H2,1-2H3,(H,23,26)(H,24,25)/t15-,16-/m0/s1. The highest BCUT2D eigenvalue weighted by Crippen LogP contribution is 2.27. The van der Waals surface area contributed by atoms with E-state index in [1.165, 1.54) is 0 Å². The van der Waals surface area contributed by atoms with Crippen molar-refractivity contribution in [3.05, 3.63) is 54.1 Å². The zero-order chi connectivity index (χ0) is 20.6. The van der Waals surface area contributed by atoms with E-state index in [0.29, 0.717) is 29.3 Å². The number of amides is 2. The fraction of sp³-hybridized carbons (Fsp3) is 0.364. The quantitative estimate of drug-likeness (QED) is 0.714. The van der Waals surface area contributed by atoms with Crippen molar-refractivity contribution >= 4 is 17.5 Å². The van der Waals surface area contributed by atoms with E-state index in [1.54, 1.807) is 56.5 Å². The number of carbonyl (C=O) groups is 2. The van der Waals surface area contributed by atoms with Gasteiger partial charge in [0, 0.05) is 13.2 Å². The summed E-state index contributed by atoms with van der Waals surface area (Å²) in [5, 5.41) is 5.66. The van der Waals surface area contributed by atoms with Gasteiger partial charge in [-0.2, -0.15) is 0 Å². The van der Waals surface area contributed by atoms with Gasteiger partial charge >= 0.3 is 0 Å². The van der Waals surface area contributed by atoms with Crippen LogP contribution in [-0.2, 0) is 9.53 Å². The van der Waals surface area contributed by atoms with Gasteiger partial charge in [-0.15, -0.1) is 0 Å².